The zero-order chi connectivity index (χ0) is 15.0. The minimum atomic E-state index is -0.417. The van der Waals surface area contributed by atoms with Crippen LogP contribution in [0.2, 0.25) is 5.15 Å². The largest absolute Gasteiger partial charge is 0.392 e. The Hall–Kier alpha value is -1.20. The topological polar surface area (TPSA) is 63.3 Å². The summed E-state index contributed by atoms with van der Waals surface area (Å²) in [6.07, 6.45) is 1.76. The van der Waals surface area contributed by atoms with Crippen LogP contribution in [0.25, 0.3) is 5.65 Å². The Balaban J connectivity index is 1.89. The molecule has 2 aliphatic rings. The first kappa shape index (κ1) is 13.5. The molecule has 0 amide bonds. The number of aliphatic hydroxyl groups is 1. The number of rotatable bonds is 1. The van der Waals surface area contributed by atoms with Crippen molar-refractivity contribution < 1.29 is 5.11 Å². The third-order valence-corrected chi connectivity index (χ3v) is 6.55. The van der Waals surface area contributed by atoms with Crippen LogP contribution in [0.5, 0.6) is 0 Å². The number of hydrogen-bond donors (Lipinski definition) is 1. The van der Waals surface area contributed by atoms with E-state index in [1.807, 2.05) is 0 Å². The van der Waals surface area contributed by atoms with Crippen molar-refractivity contribution in [2.75, 3.05) is 0 Å². The summed E-state index contributed by atoms with van der Waals surface area (Å²) in [6, 6.07) is 3.51. The summed E-state index contributed by atoms with van der Waals surface area (Å²) >= 11 is 6.00. The maximum atomic E-state index is 10.9. The fourth-order valence-corrected chi connectivity index (χ4v) is 4.79. The molecule has 21 heavy (non-hydrogen) atoms. The van der Waals surface area contributed by atoms with Crippen molar-refractivity contribution in [3.05, 3.63) is 23.1 Å². The molecule has 2 aliphatic carbocycles. The van der Waals surface area contributed by atoms with E-state index in [-0.39, 0.29) is 16.7 Å². The van der Waals surface area contributed by atoms with Gasteiger partial charge in [0, 0.05) is 0 Å². The van der Waals surface area contributed by atoms with Gasteiger partial charge in [0.1, 0.15) is 5.15 Å². The van der Waals surface area contributed by atoms with Crippen LogP contribution in [0.15, 0.2) is 12.1 Å². The van der Waals surface area contributed by atoms with E-state index in [0.29, 0.717) is 16.7 Å². The fraction of sp³-hybridized carbons (Fsp3) is 0.667. The lowest BCUT2D eigenvalue weighted by Gasteiger charge is -2.37. The first-order valence-electron chi connectivity index (χ1n) is 7.42. The highest BCUT2D eigenvalue weighted by atomic mass is 35.5. The van der Waals surface area contributed by atoms with Gasteiger partial charge in [-0.25, -0.2) is 0 Å². The molecule has 0 saturated heterocycles. The predicted molar refractivity (Wildman–Crippen MR) is 79.2 cm³/mol. The van der Waals surface area contributed by atoms with Crippen LogP contribution in [-0.2, 0) is 0 Å². The average molecular weight is 307 g/mol. The van der Waals surface area contributed by atoms with E-state index < -0.39 is 6.10 Å². The molecule has 2 heterocycles. The summed E-state index contributed by atoms with van der Waals surface area (Å²) in [7, 11) is 0. The molecule has 2 aromatic rings. The summed E-state index contributed by atoms with van der Waals surface area (Å²) in [6.45, 7) is 6.72. The Labute approximate surface area is 128 Å². The van der Waals surface area contributed by atoms with Gasteiger partial charge >= 0.3 is 0 Å². The number of hydrogen-bond acceptors (Lipinski definition) is 4. The molecule has 0 aliphatic heterocycles. The van der Waals surface area contributed by atoms with Gasteiger partial charge in [-0.1, -0.05) is 32.4 Å². The number of aromatic nitrogens is 4. The van der Waals surface area contributed by atoms with E-state index >= 15 is 0 Å². The summed E-state index contributed by atoms with van der Waals surface area (Å²) in [5.74, 6) is 1.10. The van der Waals surface area contributed by atoms with E-state index in [0.717, 1.165) is 18.7 Å². The molecule has 1 N–H and O–H groups in total. The third kappa shape index (κ3) is 1.48. The zero-order valence-corrected chi connectivity index (χ0v) is 13.2. The Morgan fingerprint density at radius 3 is 2.71 bits per heavy atom. The smallest absolute Gasteiger partial charge is 0.178 e. The van der Waals surface area contributed by atoms with Gasteiger partial charge in [0.25, 0.3) is 0 Å². The molecular weight excluding hydrogens is 288 g/mol. The molecule has 2 fully saturated rings. The second-order valence-electron chi connectivity index (χ2n) is 7.24. The highest BCUT2D eigenvalue weighted by Crippen LogP contribution is 2.69. The molecule has 4 rings (SSSR count). The predicted octanol–water partition coefficient (Wildman–Crippen LogP) is 2.68. The number of fused-ring (bicyclic) bond motifs is 3. The van der Waals surface area contributed by atoms with E-state index in [4.69, 9.17) is 11.6 Å². The van der Waals surface area contributed by atoms with Crippen molar-refractivity contribution in [3.63, 3.8) is 0 Å². The average Bonchev–Trinajstić information content (AvgIpc) is 2.97. The molecule has 0 radical (unpaired) electrons. The van der Waals surface area contributed by atoms with Crippen LogP contribution < -0.4 is 0 Å². The maximum Gasteiger partial charge on any atom is 0.178 e. The van der Waals surface area contributed by atoms with Crippen molar-refractivity contribution in [1.29, 1.82) is 0 Å². The van der Waals surface area contributed by atoms with Gasteiger partial charge in [-0.05, 0) is 41.7 Å². The van der Waals surface area contributed by atoms with E-state index in [1.165, 1.54) is 0 Å². The highest BCUT2D eigenvalue weighted by Gasteiger charge is 2.67. The van der Waals surface area contributed by atoms with Gasteiger partial charge in [0.2, 0.25) is 0 Å². The van der Waals surface area contributed by atoms with Gasteiger partial charge in [-0.3, -0.25) is 0 Å². The van der Waals surface area contributed by atoms with Crippen LogP contribution in [-0.4, -0.2) is 31.0 Å². The molecule has 0 spiro atoms. The first-order valence-corrected chi connectivity index (χ1v) is 7.80. The van der Waals surface area contributed by atoms with Gasteiger partial charge in [-0.2, -0.15) is 9.61 Å². The second-order valence-corrected chi connectivity index (χ2v) is 7.63. The van der Waals surface area contributed by atoms with Gasteiger partial charge in [0.05, 0.1) is 12.0 Å². The zero-order valence-electron chi connectivity index (χ0n) is 12.4. The molecule has 2 aromatic heterocycles. The van der Waals surface area contributed by atoms with Crippen LogP contribution in [0, 0.1) is 16.7 Å². The van der Waals surface area contributed by atoms with Crippen molar-refractivity contribution >= 4 is 17.2 Å². The molecular formula is C15H19ClN4O. The summed E-state index contributed by atoms with van der Waals surface area (Å²) in [4.78, 5) is 0. The summed E-state index contributed by atoms with van der Waals surface area (Å²) in [5.41, 5.74) is 0.682. The van der Waals surface area contributed by atoms with E-state index in [1.54, 1.807) is 16.6 Å². The normalized spacial score (nSPS) is 37.5. The molecule has 112 valence electrons. The lowest BCUT2D eigenvalue weighted by atomic mass is 9.70. The second kappa shape index (κ2) is 3.96. The van der Waals surface area contributed by atoms with Crippen LogP contribution in [0.3, 0.4) is 0 Å². The summed E-state index contributed by atoms with van der Waals surface area (Å²) in [5, 5.41) is 24.1. The molecule has 2 unspecified atom stereocenters. The SMILES string of the molecule is CC1(C)C2CCC1(C)[C@H](O)[C@H]2c1nnc2ccc(Cl)nn12. The third-order valence-electron chi connectivity index (χ3n) is 6.35. The van der Waals surface area contributed by atoms with Crippen LogP contribution in [0.4, 0.5) is 0 Å². The lowest BCUT2D eigenvalue weighted by Crippen LogP contribution is -2.37. The van der Waals surface area contributed by atoms with Crippen molar-refractivity contribution in [3.8, 4) is 0 Å². The molecule has 4 atom stereocenters. The van der Waals surface area contributed by atoms with E-state index in [9.17, 15) is 5.11 Å². The first-order chi connectivity index (χ1) is 9.86. The lowest BCUT2D eigenvalue weighted by molar-refractivity contribution is 0.00326. The fourth-order valence-electron chi connectivity index (χ4n) is 4.65. The Morgan fingerprint density at radius 2 is 2.05 bits per heavy atom. The molecule has 0 aromatic carbocycles. The van der Waals surface area contributed by atoms with E-state index in [2.05, 4.69) is 36.1 Å². The van der Waals surface area contributed by atoms with Gasteiger partial charge in [0.15, 0.2) is 11.5 Å². The Kier molecular flexibility index (Phi) is 2.54. The number of aliphatic hydroxyl groups excluding tert-OH is 1. The molecule has 2 saturated carbocycles. The molecule has 5 nitrogen and oxygen atoms in total. The molecule has 6 heteroatoms. The minimum absolute atomic E-state index is 0.0280. The Morgan fingerprint density at radius 1 is 1.29 bits per heavy atom. The maximum absolute atomic E-state index is 10.9. The quantitative estimate of drug-likeness (QED) is 0.880. The van der Waals surface area contributed by atoms with Gasteiger partial charge in [-0.15, -0.1) is 10.2 Å². The number of nitrogens with zero attached hydrogens (tertiary/aromatic N) is 4. The Bertz CT molecular complexity index is 728. The van der Waals surface area contributed by atoms with Crippen molar-refractivity contribution in [1.82, 2.24) is 19.8 Å². The van der Waals surface area contributed by atoms with Crippen LogP contribution in [0.1, 0.15) is 45.4 Å². The van der Waals surface area contributed by atoms with Crippen molar-refractivity contribution in [2.24, 2.45) is 16.7 Å². The van der Waals surface area contributed by atoms with Crippen molar-refractivity contribution in [2.45, 2.75) is 45.6 Å². The van der Waals surface area contributed by atoms with Crippen LogP contribution >= 0.6 is 11.6 Å². The number of halogens is 1. The highest BCUT2D eigenvalue weighted by molar-refractivity contribution is 6.29. The minimum Gasteiger partial charge on any atom is -0.392 e. The molecule has 2 bridgehead atoms. The van der Waals surface area contributed by atoms with Gasteiger partial charge < -0.3 is 5.11 Å². The monoisotopic (exact) mass is 306 g/mol. The summed E-state index contributed by atoms with van der Waals surface area (Å²) < 4.78 is 1.69. The standard InChI is InChI=1S/C15H19ClN4O/c1-14(2)8-6-7-15(14,3)12(21)11(8)13-18-17-10-5-4-9(16)19-20(10)13/h4-5,8,11-12,21H,6-7H2,1-3H3/t8?,11-,12+,15?/m0/s1.